The van der Waals surface area contributed by atoms with Crippen LogP contribution in [-0.4, -0.2) is 10.2 Å². The third kappa shape index (κ3) is 6.31. The predicted molar refractivity (Wildman–Crippen MR) is 63.1 cm³/mol. The van der Waals surface area contributed by atoms with Crippen LogP contribution in [-0.2, 0) is 0 Å². The molecule has 1 rings (SSSR count). The fourth-order valence-electron chi connectivity index (χ4n) is 2.25. The molecule has 0 saturated heterocycles. The lowest BCUT2D eigenvalue weighted by Crippen LogP contribution is -1.94. The topological polar surface area (TPSA) is 0 Å². The molecule has 0 aromatic carbocycles. The maximum atomic E-state index is 2.24. The first kappa shape index (κ1) is 11.3. The fraction of sp³-hybridized carbons (Fsp3) is 1.00. The summed E-state index contributed by atoms with van der Waals surface area (Å²) in [6, 6.07) is 0. The molecule has 0 aromatic rings. The minimum absolute atomic E-state index is 1.03. The van der Waals surface area contributed by atoms with Gasteiger partial charge in [0, 0.05) is 10.2 Å². The molecule has 1 fully saturated rings. The molecule has 0 aromatic heterocycles. The Morgan fingerprint density at radius 2 is 0.846 bits per heavy atom. The minimum atomic E-state index is 1.03. The van der Waals surface area contributed by atoms with E-state index >= 15 is 0 Å². The average Bonchev–Trinajstić information content (AvgIpc) is 2.11. The van der Waals surface area contributed by atoms with Crippen molar-refractivity contribution < 1.29 is 0 Å². The van der Waals surface area contributed by atoms with Crippen LogP contribution in [0.2, 0.25) is 5.54 Å². The molecule has 0 amide bonds. The lowest BCUT2D eigenvalue weighted by molar-refractivity contribution is 0.504. The second-order valence-electron chi connectivity index (χ2n) is 4.63. The molecule has 0 N–H and O–H groups in total. The van der Waals surface area contributed by atoms with E-state index in [2.05, 4.69) is 10.2 Å². The summed E-state index contributed by atoms with van der Waals surface area (Å²) in [7, 11) is 2.24. The van der Waals surface area contributed by atoms with Gasteiger partial charge in [-0.05, 0) is 0 Å². The summed E-state index contributed by atoms with van der Waals surface area (Å²) in [5.41, 5.74) is 1.03. The zero-order chi connectivity index (χ0) is 9.36. The Morgan fingerprint density at radius 3 is 1.23 bits per heavy atom. The Hall–Kier alpha value is 0.217. The first-order valence-electron chi connectivity index (χ1n) is 6.22. The van der Waals surface area contributed by atoms with Gasteiger partial charge in [-0.3, -0.25) is 0 Å². The summed E-state index contributed by atoms with van der Waals surface area (Å²) in [5.74, 6) is 0. The van der Waals surface area contributed by atoms with Crippen LogP contribution >= 0.6 is 0 Å². The maximum absolute atomic E-state index is 2.24. The van der Waals surface area contributed by atoms with Gasteiger partial charge in [0.15, 0.2) is 0 Å². The van der Waals surface area contributed by atoms with Crippen LogP contribution < -0.4 is 0 Å². The summed E-state index contributed by atoms with van der Waals surface area (Å²) in [6.45, 7) is 0. The van der Waals surface area contributed by atoms with E-state index in [9.17, 15) is 0 Å². The minimum Gasteiger partial charge on any atom is -0.0539 e. The van der Waals surface area contributed by atoms with Gasteiger partial charge < -0.3 is 0 Å². The van der Waals surface area contributed by atoms with E-state index in [1.165, 1.54) is 70.6 Å². The molecule has 77 valence electrons. The molecule has 1 aliphatic rings. The van der Waals surface area contributed by atoms with Crippen molar-refractivity contribution in [3.05, 3.63) is 0 Å². The number of hydrogen-bond donors (Lipinski definition) is 0. The smallest absolute Gasteiger partial charge is 0.0121 e. The standard InChI is InChI=1S/C12H25Si/c13-12-10-8-6-4-2-1-3-5-7-9-11-12/h12H,1-11,13H2. The van der Waals surface area contributed by atoms with Crippen molar-refractivity contribution in [3.8, 4) is 0 Å². The van der Waals surface area contributed by atoms with Crippen LogP contribution in [0.3, 0.4) is 0 Å². The van der Waals surface area contributed by atoms with Gasteiger partial charge in [-0.15, -0.1) is 0 Å². The van der Waals surface area contributed by atoms with Crippen LogP contribution in [0.4, 0.5) is 0 Å². The molecule has 0 unspecified atom stereocenters. The molecule has 13 heavy (non-hydrogen) atoms. The molecule has 1 saturated carbocycles. The van der Waals surface area contributed by atoms with Crippen molar-refractivity contribution >= 4 is 10.2 Å². The van der Waals surface area contributed by atoms with E-state index in [1.807, 2.05) is 0 Å². The van der Waals surface area contributed by atoms with E-state index in [0.29, 0.717) is 0 Å². The van der Waals surface area contributed by atoms with Crippen molar-refractivity contribution in [2.24, 2.45) is 0 Å². The molecule has 1 radical (unpaired) electrons. The molecule has 0 nitrogen and oxygen atoms in total. The number of rotatable bonds is 0. The third-order valence-corrected chi connectivity index (χ3v) is 4.04. The van der Waals surface area contributed by atoms with E-state index < -0.39 is 0 Å². The second kappa shape index (κ2) is 7.60. The molecule has 1 heteroatoms. The van der Waals surface area contributed by atoms with Crippen molar-refractivity contribution in [1.82, 2.24) is 0 Å². The van der Waals surface area contributed by atoms with E-state index in [0.717, 1.165) is 5.54 Å². The van der Waals surface area contributed by atoms with E-state index in [4.69, 9.17) is 0 Å². The molecule has 0 spiro atoms. The SMILES string of the molecule is [SiH2]C1CCCCCCCCCCC1. The lowest BCUT2D eigenvalue weighted by Gasteiger charge is -2.12. The summed E-state index contributed by atoms with van der Waals surface area (Å²) in [5, 5.41) is 0. The van der Waals surface area contributed by atoms with Gasteiger partial charge in [0.25, 0.3) is 0 Å². The first-order valence-corrected chi connectivity index (χ1v) is 7.04. The first-order chi connectivity index (χ1) is 6.39. The predicted octanol–water partition coefficient (Wildman–Crippen LogP) is 3.71. The van der Waals surface area contributed by atoms with Crippen molar-refractivity contribution in [3.63, 3.8) is 0 Å². The summed E-state index contributed by atoms with van der Waals surface area (Å²) in [6.07, 6.45) is 16.5. The van der Waals surface area contributed by atoms with Crippen LogP contribution in [0.15, 0.2) is 0 Å². The quantitative estimate of drug-likeness (QED) is 0.519. The Kier molecular flexibility index (Phi) is 6.61. The Bertz CT molecular complexity index is 99.7. The molecule has 0 bridgehead atoms. The third-order valence-electron chi connectivity index (χ3n) is 3.22. The highest BCUT2D eigenvalue weighted by molar-refractivity contribution is 6.11. The van der Waals surface area contributed by atoms with Crippen LogP contribution in [0.5, 0.6) is 0 Å². The number of hydrogen-bond acceptors (Lipinski definition) is 0. The van der Waals surface area contributed by atoms with E-state index in [-0.39, 0.29) is 0 Å². The second-order valence-corrected chi connectivity index (χ2v) is 5.78. The highest BCUT2D eigenvalue weighted by atomic mass is 28.1. The summed E-state index contributed by atoms with van der Waals surface area (Å²) < 4.78 is 0. The summed E-state index contributed by atoms with van der Waals surface area (Å²) >= 11 is 0. The van der Waals surface area contributed by atoms with Crippen LogP contribution in [0, 0.1) is 0 Å². The molecule has 0 aliphatic heterocycles. The summed E-state index contributed by atoms with van der Waals surface area (Å²) in [4.78, 5) is 0. The van der Waals surface area contributed by atoms with Gasteiger partial charge in [0.2, 0.25) is 0 Å². The van der Waals surface area contributed by atoms with Gasteiger partial charge in [0.05, 0.1) is 0 Å². The molecule has 0 atom stereocenters. The highest BCUT2D eigenvalue weighted by Crippen LogP contribution is 2.22. The van der Waals surface area contributed by atoms with Gasteiger partial charge in [-0.1, -0.05) is 76.2 Å². The Labute approximate surface area is 86.9 Å². The zero-order valence-electron chi connectivity index (χ0n) is 9.06. The highest BCUT2D eigenvalue weighted by Gasteiger charge is 2.03. The van der Waals surface area contributed by atoms with Crippen molar-refractivity contribution in [2.45, 2.75) is 76.2 Å². The van der Waals surface area contributed by atoms with Gasteiger partial charge >= 0.3 is 0 Å². The zero-order valence-corrected chi connectivity index (χ0v) is 10.5. The maximum Gasteiger partial charge on any atom is 0.0121 e. The molecule has 1 aliphatic carbocycles. The van der Waals surface area contributed by atoms with Gasteiger partial charge in [0.1, 0.15) is 0 Å². The Morgan fingerprint density at radius 1 is 0.538 bits per heavy atom. The van der Waals surface area contributed by atoms with Crippen LogP contribution in [0.25, 0.3) is 0 Å². The Balaban J connectivity index is 2.11. The molecule has 0 heterocycles. The monoisotopic (exact) mass is 197 g/mol. The largest absolute Gasteiger partial charge is 0.0539 e. The van der Waals surface area contributed by atoms with E-state index in [1.54, 1.807) is 0 Å². The molecular weight excluding hydrogens is 172 g/mol. The lowest BCUT2D eigenvalue weighted by atomic mass is 10.0. The molecular formula is C12H25Si. The van der Waals surface area contributed by atoms with Gasteiger partial charge in [-0.2, -0.15) is 0 Å². The van der Waals surface area contributed by atoms with Crippen molar-refractivity contribution in [1.29, 1.82) is 0 Å². The van der Waals surface area contributed by atoms with Crippen molar-refractivity contribution in [2.75, 3.05) is 0 Å². The fourth-order valence-corrected chi connectivity index (χ4v) is 2.83. The van der Waals surface area contributed by atoms with Gasteiger partial charge in [-0.25, -0.2) is 0 Å². The normalized spacial score (nSPS) is 24.7. The average molecular weight is 197 g/mol. The van der Waals surface area contributed by atoms with Crippen LogP contribution in [0.1, 0.15) is 70.6 Å².